The van der Waals surface area contributed by atoms with Crippen LogP contribution in [0, 0.1) is 0 Å². The van der Waals surface area contributed by atoms with Crippen molar-refractivity contribution >= 4 is 40.9 Å². The highest BCUT2D eigenvalue weighted by molar-refractivity contribution is 6.39. The van der Waals surface area contributed by atoms with E-state index in [9.17, 15) is 14.7 Å². The quantitative estimate of drug-likeness (QED) is 0.427. The number of alkyl halides is 1. The van der Waals surface area contributed by atoms with Crippen molar-refractivity contribution in [3.8, 4) is 0 Å². The van der Waals surface area contributed by atoms with Gasteiger partial charge < -0.3 is 20.6 Å². The van der Waals surface area contributed by atoms with E-state index in [2.05, 4.69) is 21.7 Å². The molecule has 4 rings (SSSR count). The smallest absolute Gasteiger partial charge is 0.326 e. The molecule has 2 aliphatic rings. The second-order valence-electron chi connectivity index (χ2n) is 9.62. The molecule has 0 aliphatic carbocycles. The van der Waals surface area contributed by atoms with Crippen LogP contribution in [0.2, 0.25) is 10.0 Å². The molecule has 2 atom stereocenters. The number of carboxylic acid groups (broad SMARTS) is 1. The number of piperidine rings is 1. The van der Waals surface area contributed by atoms with Crippen molar-refractivity contribution in [2.45, 2.75) is 56.7 Å². The van der Waals surface area contributed by atoms with Gasteiger partial charge in [-0.25, -0.2) is 14.2 Å². The lowest BCUT2D eigenvalue weighted by atomic mass is 9.89. The first kappa shape index (κ1) is 26.6. The molecule has 0 bridgehead atoms. The average molecular weight is 537 g/mol. The highest BCUT2D eigenvalue weighted by Crippen LogP contribution is 2.31. The zero-order valence-corrected chi connectivity index (χ0v) is 21.5. The Morgan fingerprint density at radius 2 is 2.00 bits per heavy atom. The van der Waals surface area contributed by atoms with Gasteiger partial charge in [0.25, 0.3) is 5.91 Å². The molecular weight excluding hydrogens is 506 g/mol. The maximum atomic E-state index is 15.8. The van der Waals surface area contributed by atoms with Crippen LogP contribution >= 0.6 is 23.2 Å². The molecule has 1 saturated heterocycles. The standard InChI is InChI=1S/C26H31Cl2FN4O3/c27-19-5-1-6-20(28)22(19)24(34)32-21(25(35)36)10-15-33-14-3-11-26(29,16-33)12-9-18-8-7-17-4-2-13-30-23(17)31-18/h1,5-8,21H,2-4,9-16H2,(H,30,31)(H,32,34)(H,35,36)/t21-,26+/m0/s1. The highest BCUT2D eigenvalue weighted by atomic mass is 35.5. The van der Waals surface area contributed by atoms with Crippen molar-refractivity contribution in [3.63, 3.8) is 0 Å². The summed E-state index contributed by atoms with van der Waals surface area (Å²) in [7, 11) is 0. The van der Waals surface area contributed by atoms with Crippen molar-refractivity contribution < 1.29 is 19.1 Å². The van der Waals surface area contributed by atoms with E-state index in [-0.39, 0.29) is 28.6 Å². The van der Waals surface area contributed by atoms with Crippen LogP contribution in [-0.2, 0) is 17.6 Å². The minimum Gasteiger partial charge on any atom is -0.480 e. The highest BCUT2D eigenvalue weighted by Gasteiger charge is 2.36. The van der Waals surface area contributed by atoms with Gasteiger partial charge in [-0.3, -0.25) is 4.79 Å². The van der Waals surface area contributed by atoms with Crippen molar-refractivity contribution in [2.75, 3.05) is 31.5 Å². The number of hydrogen-bond donors (Lipinski definition) is 3. The van der Waals surface area contributed by atoms with Gasteiger partial charge in [0.15, 0.2) is 0 Å². The minimum absolute atomic E-state index is 0.0406. The number of pyridine rings is 1. The Labute approximate surface area is 220 Å². The molecule has 3 heterocycles. The molecule has 7 nitrogen and oxygen atoms in total. The predicted molar refractivity (Wildman–Crippen MR) is 139 cm³/mol. The third kappa shape index (κ3) is 6.66. The normalized spacial score (nSPS) is 20.8. The monoisotopic (exact) mass is 536 g/mol. The first-order valence-electron chi connectivity index (χ1n) is 12.4. The van der Waals surface area contributed by atoms with E-state index in [4.69, 9.17) is 23.2 Å². The zero-order valence-electron chi connectivity index (χ0n) is 20.0. The molecule has 1 amide bonds. The minimum atomic E-state index is -1.36. The van der Waals surface area contributed by atoms with Crippen molar-refractivity contribution in [2.24, 2.45) is 0 Å². The van der Waals surface area contributed by atoms with Gasteiger partial charge >= 0.3 is 5.97 Å². The number of aliphatic carboxylic acids is 1. The summed E-state index contributed by atoms with van der Waals surface area (Å²) in [5.74, 6) is -0.901. The zero-order chi connectivity index (χ0) is 25.7. The number of carbonyl (C=O) groups is 2. The molecule has 3 N–H and O–H groups in total. The fourth-order valence-electron chi connectivity index (χ4n) is 4.95. The lowest BCUT2D eigenvalue weighted by Crippen LogP contribution is -2.48. The maximum absolute atomic E-state index is 15.8. The molecule has 0 radical (unpaired) electrons. The first-order valence-corrected chi connectivity index (χ1v) is 13.1. The summed E-state index contributed by atoms with van der Waals surface area (Å²) in [5, 5.41) is 15.8. The molecule has 10 heteroatoms. The summed E-state index contributed by atoms with van der Waals surface area (Å²) < 4.78 is 15.8. The van der Waals surface area contributed by atoms with Crippen LogP contribution in [0.15, 0.2) is 30.3 Å². The Morgan fingerprint density at radius 3 is 2.75 bits per heavy atom. The number of anilines is 1. The first-order chi connectivity index (χ1) is 17.2. The van der Waals surface area contributed by atoms with Gasteiger partial charge in [-0.2, -0.15) is 0 Å². The predicted octanol–water partition coefficient (Wildman–Crippen LogP) is 4.76. The van der Waals surface area contributed by atoms with Crippen molar-refractivity contribution in [1.29, 1.82) is 0 Å². The lowest BCUT2D eigenvalue weighted by Gasteiger charge is -2.38. The summed E-state index contributed by atoms with van der Waals surface area (Å²) in [6, 6.07) is 7.56. The number of hydrogen-bond acceptors (Lipinski definition) is 5. The van der Waals surface area contributed by atoms with Crippen LogP contribution in [0.1, 0.15) is 53.7 Å². The second kappa shape index (κ2) is 11.8. The van der Waals surface area contributed by atoms with Gasteiger partial charge in [-0.05, 0) is 75.3 Å². The largest absolute Gasteiger partial charge is 0.480 e. The Hall–Kier alpha value is -2.42. The molecule has 0 unspecified atom stereocenters. The molecule has 2 aromatic rings. The molecule has 194 valence electrons. The van der Waals surface area contributed by atoms with E-state index in [0.29, 0.717) is 38.8 Å². The average Bonchev–Trinajstić information content (AvgIpc) is 2.85. The van der Waals surface area contributed by atoms with E-state index in [1.165, 1.54) is 17.7 Å². The number of aryl methyl sites for hydroxylation is 2. The number of likely N-dealkylation sites (tertiary alicyclic amines) is 1. The number of rotatable bonds is 9. The molecule has 0 spiro atoms. The topological polar surface area (TPSA) is 94.6 Å². The Balaban J connectivity index is 1.31. The molecule has 0 saturated carbocycles. The summed E-state index contributed by atoms with van der Waals surface area (Å²) >= 11 is 12.2. The van der Waals surface area contributed by atoms with Crippen LogP contribution < -0.4 is 10.6 Å². The lowest BCUT2D eigenvalue weighted by molar-refractivity contribution is -0.139. The fourth-order valence-corrected chi connectivity index (χ4v) is 5.52. The number of nitrogens with zero attached hydrogens (tertiary/aromatic N) is 2. The van der Waals surface area contributed by atoms with E-state index in [0.717, 1.165) is 30.9 Å². The molecule has 2 aliphatic heterocycles. The van der Waals surface area contributed by atoms with Crippen molar-refractivity contribution in [3.05, 3.63) is 57.2 Å². The van der Waals surface area contributed by atoms with Gasteiger partial charge in [0.2, 0.25) is 0 Å². The van der Waals surface area contributed by atoms with Gasteiger partial charge in [-0.1, -0.05) is 35.3 Å². The summed E-state index contributed by atoms with van der Waals surface area (Å²) in [6.45, 7) is 2.17. The third-order valence-electron chi connectivity index (χ3n) is 6.91. The molecule has 1 fully saturated rings. The third-order valence-corrected chi connectivity index (χ3v) is 7.54. The van der Waals surface area contributed by atoms with Gasteiger partial charge in [0, 0.05) is 25.3 Å². The van der Waals surface area contributed by atoms with E-state index < -0.39 is 23.6 Å². The maximum Gasteiger partial charge on any atom is 0.326 e. The van der Waals surface area contributed by atoms with E-state index >= 15 is 4.39 Å². The number of nitrogens with one attached hydrogen (secondary N) is 2. The summed E-state index contributed by atoms with van der Waals surface area (Å²) in [6.07, 6.45) is 4.31. The second-order valence-corrected chi connectivity index (χ2v) is 10.4. The number of carbonyl (C=O) groups excluding carboxylic acids is 1. The fraction of sp³-hybridized carbons (Fsp3) is 0.500. The van der Waals surface area contributed by atoms with Crippen LogP contribution in [0.4, 0.5) is 10.2 Å². The van der Waals surface area contributed by atoms with Gasteiger partial charge in [0.1, 0.15) is 17.5 Å². The SMILES string of the molecule is O=C(N[C@@H](CCN1CCC[C@@](F)(CCc2ccc3c(n2)NCCC3)C1)C(=O)O)c1c(Cl)cccc1Cl. The van der Waals surface area contributed by atoms with E-state index in [1.807, 2.05) is 11.0 Å². The summed E-state index contributed by atoms with van der Waals surface area (Å²) in [5.41, 5.74) is 0.764. The molecular formula is C26H31Cl2FN4O3. The molecule has 1 aromatic carbocycles. The number of halogens is 3. The Morgan fingerprint density at radius 1 is 1.22 bits per heavy atom. The Kier molecular flexibility index (Phi) is 8.70. The van der Waals surface area contributed by atoms with Gasteiger partial charge in [-0.15, -0.1) is 0 Å². The Bertz CT molecular complexity index is 1100. The van der Waals surface area contributed by atoms with Crippen LogP contribution in [0.5, 0.6) is 0 Å². The van der Waals surface area contributed by atoms with E-state index in [1.54, 1.807) is 6.07 Å². The number of amides is 1. The number of carboxylic acids is 1. The van der Waals surface area contributed by atoms with Crippen molar-refractivity contribution in [1.82, 2.24) is 15.2 Å². The van der Waals surface area contributed by atoms with Crippen LogP contribution in [-0.4, -0.2) is 64.8 Å². The number of aromatic nitrogens is 1. The summed E-state index contributed by atoms with van der Waals surface area (Å²) in [4.78, 5) is 31.1. The van der Waals surface area contributed by atoms with Gasteiger partial charge in [0.05, 0.1) is 15.6 Å². The van der Waals surface area contributed by atoms with Crippen LogP contribution in [0.25, 0.3) is 0 Å². The molecule has 36 heavy (non-hydrogen) atoms. The number of fused-ring (bicyclic) bond motifs is 1. The number of benzene rings is 1. The van der Waals surface area contributed by atoms with Crippen LogP contribution in [0.3, 0.4) is 0 Å². The molecule has 1 aromatic heterocycles.